The minimum atomic E-state index is 0.300. The summed E-state index contributed by atoms with van der Waals surface area (Å²) < 4.78 is 2.29. The summed E-state index contributed by atoms with van der Waals surface area (Å²) >= 11 is 0. The van der Waals surface area contributed by atoms with Crippen LogP contribution in [0.1, 0.15) is 37.3 Å². The third kappa shape index (κ3) is 3.23. The zero-order valence-electron chi connectivity index (χ0n) is 13.0. The number of aliphatic hydroxyl groups excluding tert-OH is 1. The number of hydrogen-bond acceptors (Lipinski definition) is 3. The third-order valence-corrected chi connectivity index (χ3v) is 4.72. The molecule has 1 saturated carbocycles. The zero-order chi connectivity index (χ0) is 15.4. The number of imidazole rings is 1. The second-order valence-corrected chi connectivity index (χ2v) is 6.26. The van der Waals surface area contributed by atoms with Crippen molar-refractivity contribution in [3.8, 4) is 11.4 Å². The summed E-state index contributed by atoms with van der Waals surface area (Å²) in [6.45, 7) is 0.979. The Labute approximate surface area is 132 Å². The van der Waals surface area contributed by atoms with Gasteiger partial charge in [0.05, 0.1) is 0 Å². The molecule has 1 aliphatic carbocycles. The van der Waals surface area contributed by atoms with E-state index in [1.54, 1.807) is 0 Å². The van der Waals surface area contributed by atoms with Gasteiger partial charge in [0, 0.05) is 30.6 Å². The summed E-state index contributed by atoms with van der Waals surface area (Å²) in [5.74, 6) is 1.46. The number of rotatable bonds is 5. The molecule has 3 N–H and O–H groups in total. The zero-order valence-corrected chi connectivity index (χ0v) is 13.0. The topological polar surface area (TPSA) is 64.1 Å². The van der Waals surface area contributed by atoms with E-state index < -0.39 is 0 Å². The van der Waals surface area contributed by atoms with Crippen LogP contribution in [0.4, 0.5) is 0 Å². The van der Waals surface area contributed by atoms with Gasteiger partial charge in [-0.25, -0.2) is 4.98 Å². The van der Waals surface area contributed by atoms with E-state index in [1.165, 1.54) is 18.4 Å². The van der Waals surface area contributed by atoms with E-state index in [2.05, 4.69) is 40.0 Å². The number of nitrogens with two attached hydrogens (primary N) is 1. The van der Waals surface area contributed by atoms with Crippen LogP contribution in [0.25, 0.3) is 11.4 Å². The standard InChI is InChI=1S/C18H25N3O/c19-9-8-14-4-6-16(7-5-14)18-20-10-11-21(18)17-3-1-2-15(12-17)13-22/h4-7,10-11,15,17,22H,1-3,8-9,12-13,19H2/t15-,17-/m1/s1. The van der Waals surface area contributed by atoms with Gasteiger partial charge in [-0.1, -0.05) is 30.7 Å². The first-order valence-electron chi connectivity index (χ1n) is 8.25. The Morgan fingerprint density at radius 2 is 2.05 bits per heavy atom. The van der Waals surface area contributed by atoms with Crippen molar-refractivity contribution in [1.82, 2.24) is 9.55 Å². The Morgan fingerprint density at radius 3 is 2.77 bits per heavy atom. The monoisotopic (exact) mass is 299 g/mol. The lowest BCUT2D eigenvalue weighted by Crippen LogP contribution is -2.21. The molecule has 4 heteroatoms. The van der Waals surface area contributed by atoms with Crippen molar-refractivity contribution in [3.05, 3.63) is 42.2 Å². The van der Waals surface area contributed by atoms with Crippen LogP contribution in [-0.2, 0) is 6.42 Å². The average Bonchev–Trinajstić information content (AvgIpc) is 3.05. The van der Waals surface area contributed by atoms with Gasteiger partial charge in [-0.2, -0.15) is 0 Å². The SMILES string of the molecule is NCCc1ccc(-c2nccn2[C@@H]2CCC[C@@H](CO)C2)cc1. The molecule has 1 heterocycles. The maximum Gasteiger partial charge on any atom is 0.140 e. The van der Waals surface area contributed by atoms with Gasteiger partial charge in [0.25, 0.3) is 0 Å². The van der Waals surface area contributed by atoms with Crippen molar-refractivity contribution in [2.24, 2.45) is 11.7 Å². The molecule has 0 bridgehead atoms. The molecule has 0 aliphatic heterocycles. The van der Waals surface area contributed by atoms with Crippen molar-refractivity contribution in [1.29, 1.82) is 0 Å². The quantitative estimate of drug-likeness (QED) is 0.892. The van der Waals surface area contributed by atoms with Gasteiger partial charge in [0.2, 0.25) is 0 Å². The fourth-order valence-electron chi connectivity index (χ4n) is 3.50. The molecule has 1 aliphatic rings. The third-order valence-electron chi connectivity index (χ3n) is 4.72. The van der Waals surface area contributed by atoms with Crippen LogP contribution in [-0.4, -0.2) is 27.8 Å². The van der Waals surface area contributed by atoms with E-state index >= 15 is 0 Å². The van der Waals surface area contributed by atoms with Crippen LogP contribution in [0.3, 0.4) is 0 Å². The first-order valence-corrected chi connectivity index (χ1v) is 8.25. The molecule has 2 aromatic rings. The Bertz CT molecular complexity index is 591. The molecule has 0 saturated heterocycles. The number of benzene rings is 1. The minimum absolute atomic E-state index is 0.300. The first kappa shape index (κ1) is 15.3. The maximum atomic E-state index is 9.44. The Morgan fingerprint density at radius 1 is 1.23 bits per heavy atom. The molecule has 118 valence electrons. The lowest BCUT2D eigenvalue weighted by molar-refractivity contribution is 0.163. The summed E-state index contributed by atoms with van der Waals surface area (Å²) in [5, 5.41) is 9.44. The normalized spacial score (nSPS) is 21.9. The van der Waals surface area contributed by atoms with Crippen LogP contribution in [0, 0.1) is 5.92 Å². The van der Waals surface area contributed by atoms with Crippen molar-refractivity contribution < 1.29 is 5.11 Å². The van der Waals surface area contributed by atoms with E-state index in [1.807, 2.05) is 6.20 Å². The van der Waals surface area contributed by atoms with Crippen LogP contribution in [0.5, 0.6) is 0 Å². The molecule has 4 nitrogen and oxygen atoms in total. The first-order chi connectivity index (χ1) is 10.8. The van der Waals surface area contributed by atoms with Gasteiger partial charge >= 0.3 is 0 Å². The highest BCUT2D eigenvalue weighted by Gasteiger charge is 2.24. The maximum absolute atomic E-state index is 9.44. The summed E-state index contributed by atoms with van der Waals surface area (Å²) in [6.07, 6.45) is 9.42. The molecule has 0 unspecified atom stereocenters. The number of hydrogen-bond donors (Lipinski definition) is 2. The average molecular weight is 299 g/mol. The second-order valence-electron chi connectivity index (χ2n) is 6.26. The van der Waals surface area contributed by atoms with Crippen molar-refractivity contribution in [2.45, 2.75) is 38.1 Å². The fraction of sp³-hybridized carbons (Fsp3) is 0.500. The molecule has 3 rings (SSSR count). The van der Waals surface area contributed by atoms with Crippen LogP contribution in [0.2, 0.25) is 0 Å². The summed E-state index contributed by atoms with van der Waals surface area (Å²) in [4.78, 5) is 4.56. The van der Waals surface area contributed by atoms with Crippen molar-refractivity contribution in [2.75, 3.05) is 13.2 Å². The smallest absolute Gasteiger partial charge is 0.140 e. The Hall–Kier alpha value is -1.65. The van der Waals surface area contributed by atoms with Gasteiger partial charge < -0.3 is 15.4 Å². The Balaban J connectivity index is 1.82. The van der Waals surface area contributed by atoms with Crippen LogP contribution < -0.4 is 5.73 Å². The Kier molecular flexibility index (Phi) is 4.90. The van der Waals surface area contributed by atoms with Crippen LogP contribution in [0.15, 0.2) is 36.7 Å². The second kappa shape index (κ2) is 7.07. The molecule has 1 aromatic carbocycles. The van der Waals surface area contributed by atoms with Crippen LogP contribution >= 0.6 is 0 Å². The molecular weight excluding hydrogens is 274 g/mol. The summed E-state index contributed by atoms with van der Waals surface area (Å²) in [6, 6.07) is 9.00. The molecule has 0 radical (unpaired) electrons. The molecule has 2 atom stereocenters. The molecule has 1 fully saturated rings. The predicted octanol–water partition coefficient (Wildman–Crippen LogP) is 2.77. The number of aromatic nitrogens is 2. The summed E-state index contributed by atoms with van der Waals surface area (Å²) in [5.41, 5.74) is 8.02. The minimum Gasteiger partial charge on any atom is -0.396 e. The van der Waals surface area contributed by atoms with Gasteiger partial charge in [-0.15, -0.1) is 0 Å². The largest absolute Gasteiger partial charge is 0.396 e. The fourth-order valence-corrected chi connectivity index (χ4v) is 3.50. The highest BCUT2D eigenvalue weighted by atomic mass is 16.3. The lowest BCUT2D eigenvalue weighted by atomic mass is 9.86. The van der Waals surface area contributed by atoms with Crippen molar-refractivity contribution >= 4 is 0 Å². The van der Waals surface area contributed by atoms with Gasteiger partial charge in [0.15, 0.2) is 0 Å². The molecule has 22 heavy (non-hydrogen) atoms. The van der Waals surface area contributed by atoms with Gasteiger partial charge in [0.1, 0.15) is 5.82 Å². The van der Waals surface area contributed by atoms with E-state index in [4.69, 9.17) is 5.73 Å². The van der Waals surface area contributed by atoms with Gasteiger partial charge in [-0.05, 0) is 43.7 Å². The van der Waals surface area contributed by atoms with E-state index in [0.29, 0.717) is 25.1 Å². The highest BCUT2D eigenvalue weighted by Crippen LogP contribution is 2.34. The van der Waals surface area contributed by atoms with E-state index in [9.17, 15) is 5.11 Å². The summed E-state index contributed by atoms with van der Waals surface area (Å²) in [7, 11) is 0. The molecule has 0 amide bonds. The van der Waals surface area contributed by atoms with E-state index in [0.717, 1.165) is 30.7 Å². The van der Waals surface area contributed by atoms with Crippen molar-refractivity contribution in [3.63, 3.8) is 0 Å². The molecule has 0 spiro atoms. The lowest BCUT2D eigenvalue weighted by Gasteiger charge is -2.30. The highest BCUT2D eigenvalue weighted by molar-refractivity contribution is 5.56. The number of nitrogens with zero attached hydrogens (tertiary/aromatic N) is 2. The van der Waals surface area contributed by atoms with Gasteiger partial charge in [-0.3, -0.25) is 0 Å². The number of aliphatic hydroxyl groups is 1. The molecular formula is C18H25N3O. The van der Waals surface area contributed by atoms with E-state index in [-0.39, 0.29) is 0 Å². The predicted molar refractivity (Wildman–Crippen MR) is 88.5 cm³/mol. The molecule has 1 aromatic heterocycles.